The standard InChI is InChI=1S/C16H11ClFN3O3/c17-12-7-10(5-6-13(12)18)24-8-15(22)20-21-9-19-14-4-2-1-3-11(14)16(21)23/h1-7,9H,8H2,(H,20,22). The van der Waals surface area contributed by atoms with Crippen LogP contribution in [0.1, 0.15) is 0 Å². The number of halogens is 2. The van der Waals surface area contributed by atoms with Crippen LogP contribution in [0, 0.1) is 5.82 Å². The molecule has 1 N–H and O–H groups in total. The summed E-state index contributed by atoms with van der Waals surface area (Å²) < 4.78 is 19.2. The maximum atomic E-state index is 13.0. The summed E-state index contributed by atoms with van der Waals surface area (Å²) in [5.74, 6) is -0.919. The summed E-state index contributed by atoms with van der Waals surface area (Å²) in [4.78, 5) is 28.2. The molecule has 3 aromatic rings. The van der Waals surface area contributed by atoms with E-state index in [-0.39, 0.29) is 17.4 Å². The van der Waals surface area contributed by atoms with Crippen LogP contribution in [-0.2, 0) is 4.79 Å². The molecule has 1 heterocycles. The first-order chi connectivity index (χ1) is 11.5. The van der Waals surface area contributed by atoms with Crippen LogP contribution < -0.4 is 15.7 Å². The Kier molecular flexibility index (Phi) is 4.43. The number of hydrogen-bond acceptors (Lipinski definition) is 4. The van der Waals surface area contributed by atoms with Crippen molar-refractivity contribution in [2.75, 3.05) is 12.0 Å². The lowest BCUT2D eigenvalue weighted by atomic mass is 10.2. The van der Waals surface area contributed by atoms with Gasteiger partial charge in [0.05, 0.1) is 15.9 Å². The minimum absolute atomic E-state index is 0.108. The summed E-state index contributed by atoms with van der Waals surface area (Å²) in [6.45, 7) is -0.374. The number of nitrogens with one attached hydrogen (secondary N) is 1. The van der Waals surface area contributed by atoms with Gasteiger partial charge in [0.25, 0.3) is 11.5 Å². The average molecular weight is 348 g/mol. The van der Waals surface area contributed by atoms with E-state index >= 15 is 0 Å². The monoisotopic (exact) mass is 347 g/mol. The zero-order valence-corrected chi connectivity index (χ0v) is 13.0. The van der Waals surface area contributed by atoms with Gasteiger partial charge in [0, 0.05) is 6.07 Å². The Morgan fingerprint density at radius 3 is 2.88 bits per heavy atom. The number of para-hydroxylation sites is 1. The number of carbonyl (C=O) groups is 1. The smallest absolute Gasteiger partial charge is 0.280 e. The maximum absolute atomic E-state index is 13.0. The van der Waals surface area contributed by atoms with E-state index in [9.17, 15) is 14.0 Å². The third-order valence-electron chi connectivity index (χ3n) is 3.17. The number of amides is 1. The molecule has 0 unspecified atom stereocenters. The first-order valence-corrected chi connectivity index (χ1v) is 7.26. The molecule has 0 aliphatic carbocycles. The molecule has 0 saturated carbocycles. The van der Waals surface area contributed by atoms with E-state index in [1.165, 1.54) is 18.5 Å². The Labute approximate surface area is 140 Å². The normalized spacial score (nSPS) is 10.6. The molecule has 6 nitrogen and oxygen atoms in total. The molecule has 1 aromatic heterocycles. The van der Waals surface area contributed by atoms with Crippen molar-refractivity contribution in [2.45, 2.75) is 0 Å². The third kappa shape index (κ3) is 3.36. The van der Waals surface area contributed by atoms with Crippen LogP contribution in [0.2, 0.25) is 5.02 Å². The number of rotatable bonds is 4. The molecule has 122 valence electrons. The number of nitrogens with zero attached hydrogens (tertiary/aromatic N) is 2. The van der Waals surface area contributed by atoms with Gasteiger partial charge >= 0.3 is 0 Å². The minimum Gasteiger partial charge on any atom is -0.484 e. The lowest BCUT2D eigenvalue weighted by Crippen LogP contribution is -2.35. The summed E-state index contributed by atoms with van der Waals surface area (Å²) in [7, 11) is 0. The van der Waals surface area contributed by atoms with Gasteiger partial charge in [0.15, 0.2) is 6.61 Å². The number of aromatic nitrogens is 2. The summed E-state index contributed by atoms with van der Waals surface area (Å²) >= 11 is 5.63. The molecular formula is C16H11ClFN3O3. The van der Waals surface area contributed by atoms with E-state index in [0.717, 1.165) is 10.7 Å². The Hall–Kier alpha value is -2.93. The Morgan fingerprint density at radius 2 is 2.08 bits per heavy atom. The predicted octanol–water partition coefficient (Wildman–Crippen LogP) is 2.34. The van der Waals surface area contributed by atoms with Crippen LogP contribution in [0.4, 0.5) is 4.39 Å². The van der Waals surface area contributed by atoms with E-state index in [1.54, 1.807) is 24.3 Å². The molecular weight excluding hydrogens is 337 g/mol. The van der Waals surface area contributed by atoms with Gasteiger partial charge in [-0.2, -0.15) is 0 Å². The molecule has 3 rings (SSSR count). The number of hydrogen-bond donors (Lipinski definition) is 1. The molecule has 0 aliphatic rings. The predicted molar refractivity (Wildman–Crippen MR) is 87.3 cm³/mol. The van der Waals surface area contributed by atoms with Gasteiger partial charge in [-0.1, -0.05) is 23.7 Å². The molecule has 0 aliphatic heterocycles. The van der Waals surface area contributed by atoms with Gasteiger partial charge in [-0.25, -0.2) is 14.1 Å². The largest absolute Gasteiger partial charge is 0.484 e. The molecule has 0 saturated heterocycles. The van der Waals surface area contributed by atoms with Gasteiger partial charge in [-0.3, -0.25) is 15.0 Å². The van der Waals surface area contributed by atoms with Gasteiger partial charge in [0.2, 0.25) is 0 Å². The second-order valence-electron chi connectivity index (χ2n) is 4.84. The molecule has 0 atom stereocenters. The fourth-order valence-corrected chi connectivity index (χ4v) is 2.20. The van der Waals surface area contributed by atoms with E-state index in [0.29, 0.717) is 10.9 Å². The molecule has 24 heavy (non-hydrogen) atoms. The SMILES string of the molecule is O=C(COc1ccc(F)c(Cl)c1)Nn1cnc2ccccc2c1=O. The van der Waals surface area contributed by atoms with Gasteiger partial charge < -0.3 is 4.74 Å². The van der Waals surface area contributed by atoms with Gasteiger partial charge in [0.1, 0.15) is 17.9 Å². The highest BCUT2D eigenvalue weighted by Crippen LogP contribution is 2.20. The third-order valence-corrected chi connectivity index (χ3v) is 3.46. The van der Waals surface area contributed by atoms with Crippen molar-refractivity contribution in [3.8, 4) is 5.75 Å². The highest BCUT2D eigenvalue weighted by atomic mass is 35.5. The Bertz CT molecular complexity index is 974. The molecule has 0 radical (unpaired) electrons. The van der Waals surface area contributed by atoms with Crippen molar-refractivity contribution in [3.05, 3.63) is 70.0 Å². The molecule has 0 bridgehead atoms. The van der Waals surface area contributed by atoms with E-state index < -0.39 is 17.3 Å². The first-order valence-electron chi connectivity index (χ1n) is 6.89. The zero-order valence-electron chi connectivity index (χ0n) is 12.2. The second-order valence-corrected chi connectivity index (χ2v) is 5.24. The number of ether oxygens (including phenoxy) is 1. The molecule has 2 aromatic carbocycles. The van der Waals surface area contributed by atoms with Crippen LogP contribution in [0.3, 0.4) is 0 Å². The van der Waals surface area contributed by atoms with Crippen molar-refractivity contribution in [1.29, 1.82) is 0 Å². The van der Waals surface area contributed by atoms with E-state index in [1.807, 2.05) is 0 Å². The minimum atomic E-state index is -0.581. The van der Waals surface area contributed by atoms with Crippen LogP contribution in [0.25, 0.3) is 10.9 Å². The first kappa shape index (κ1) is 15.9. The fraction of sp³-hybridized carbons (Fsp3) is 0.0625. The number of benzene rings is 2. The van der Waals surface area contributed by atoms with Crippen LogP contribution in [0.5, 0.6) is 5.75 Å². The zero-order chi connectivity index (χ0) is 17.1. The summed E-state index contributed by atoms with van der Waals surface area (Å²) in [6.07, 6.45) is 1.22. The molecule has 0 fully saturated rings. The van der Waals surface area contributed by atoms with Crippen LogP contribution in [0.15, 0.2) is 53.6 Å². The van der Waals surface area contributed by atoms with Crippen LogP contribution in [-0.4, -0.2) is 22.2 Å². The lowest BCUT2D eigenvalue weighted by Gasteiger charge is -2.10. The van der Waals surface area contributed by atoms with Gasteiger partial charge in [-0.05, 0) is 24.3 Å². The second kappa shape index (κ2) is 6.67. The average Bonchev–Trinajstić information content (AvgIpc) is 2.59. The quantitative estimate of drug-likeness (QED) is 0.786. The molecule has 0 spiro atoms. The van der Waals surface area contributed by atoms with Crippen molar-refractivity contribution in [2.24, 2.45) is 0 Å². The van der Waals surface area contributed by atoms with Crippen molar-refractivity contribution < 1.29 is 13.9 Å². The summed E-state index contributed by atoms with van der Waals surface area (Å²) in [5.41, 5.74) is 2.50. The highest BCUT2D eigenvalue weighted by Gasteiger charge is 2.08. The van der Waals surface area contributed by atoms with E-state index in [4.69, 9.17) is 16.3 Å². The maximum Gasteiger partial charge on any atom is 0.280 e. The van der Waals surface area contributed by atoms with Crippen LogP contribution >= 0.6 is 11.6 Å². The number of carbonyl (C=O) groups excluding carboxylic acids is 1. The highest BCUT2D eigenvalue weighted by molar-refractivity contribution is 6.30. The molecule has 8 heteroatoms. The summed E-state index contributed by atoms with van der Waals surface area (Å²) in [6, 6.07) is 10.5. The van der Waals surface area contributed by atoms with Crippen molar-refractivity contribution in [1.82, 2.24) is 9.66 Å². The fourth-order valence-electron chi connectivity index (χ4n) is 2.03. The van der Waals surface area contributed by atoms with Gasteiger partial charge in [-0.15, -0.1) is 0 Å². The van der Waals surface area contributed by atoms with Crippen molar-refractivity contribution >= 4 is 28.4 Å². The molecule has 1 amide bonds. The topological polar surface area (TPSA) is 73.2 Å². The Morgan fingerprint density at radius 1 is 1.29 bits per heavy atom. The Balaban J connectivity index is 1.70. The number of fused-ring (bicyclic) bond motifs is 1. The van der Waals surface area contributed by atoms with E-state index in [2.05, 4.69) is 10.4 Å². The lowest BCUT2D eigenvalue weighted by molar-refractivity contribution is -0.119. The summed E-state index contributed by atoms with van der Waals surface area (Å²) in [5, 5.41) is 0.273. The van der Waals surface area contributed by atoms with Crippen molar-refractivity contribution in [3.63, 3.8) is 0 Å².